The van der Waals surface area contributed by atoms with E-state index in [4.69, 9.17) is 14.2 Å². The number of Topliss-reactive ketones (excluding diaryl/α,β-unsaturated/α-hetero) is 1. The van der Waals surface area contributed by atoms with Gasteiger partial charge in [0.05, 0.1) is 6.61 Å². The quantitative estimate of drug-likeness (QED) is 0.0278. The number of nitrogens with zero attached hydrogens (tertiary/aromatic N) is 1. The number of hydrogen-bond acceptors (Lipinski definition) is 8. The molecule has 0 spiro atoms. The predicted octanol–water partition coefficient (Wildman–Crippen LogP) is 18.9. The summed E-state index contributed by atoms with van der Waals surface area (Å²) in [6.07, 6.45) is 55.2. The molecule has 3 unspecified atom stereocenters. The van der Waals surface area contributed by atoms with E-state index in [2.05, 4.69) is 76.1 Å². The molecule has 9 nitrogen and oxygen atoms in total. The van der Waals surface area contributed by atoms with Gasteiger partial charge in [-0.3, -0.25) is 9.59 Å². The SMILES string of the molecule is CCCCC(CCC(C)=O)OC(=O)NCCN(C)CC.CCCCC/C=C\C/C=C\CCCCCCCC(=O)OCC(CC)CCCCCCCCC(=O)OC(CCCCCCCC)CCCCCCCCC. The van der Waals surface area contributed by atoms with Crippen molar-refractivity contribution in [3.63, 3.8) is 0 Å². The van der Waals surface area contributed by atoms with E-state index in [1.54, 1.807) is 6.92 Å². The van der Waals surface area contributed by atoms with Gasteiger partial charge >= 0.3 is 18.0 Å². The number of unbranched alkanes of at least 4 members (excludes halogenated alkanes) is 25. The number of allylic oxidation sites excluding steroid dienone is 4. The van der Waals surface area contributed by atoms with Gasteiger partial charge < -0.3 is 29.2 Å². The van der Waals surface area contributed by atoms with Gasteiger partial charge in [0.25, 0.3) is 0 Å². The Morgan fingerprint density at radius 1 is 0.466 bits per heavy atom. The average Bonchev–Trinajstić information content (AvgIpc) is 3.38. The highest BCUT2D eigenvalue weighted by Gasteiger charge is 2.16. The predicted molar refractivity (Wildman–Crippen MR) is 312 cm³/mol. The molecule has 0 aliphatic carbocycles. The number of amides is 1. The summed E-state index contributed by atoms with van der Waals surface area (Å²) in [4.78, 5) is 49.8. The van der Waals surface area contributed by atoms with Crippen molar-refractivity contribution in [3.8, 4) is 0 Å². The highest BCUT2D eigenvalue weighted by atomic mass is 16.6. The lowest BCUT2D eigenvalue weighted by Crippen LogP contribution is -2.35. The lowest BCUT2D eigenvalue weighted by atomic mass is 9.98. The minimum atomic E-state index is -0.376. The van der Waals surface area contributed by atoms with Gasteiger partial charge in [0.1, 0.15) is 18.0 Å². The number of carbonyl (C=O) groups is 4. The number of esters is 2. The smallest absolute Gasteiger partial charge is 0.407 e. The van der Waals surface area contributed by atoms with Crippen LogP contribution in [0.4, 0.5) is 4.79 Å². The fourth-order valence-corrected chi connectivity index (χ4v) is 8.93. The molecular formula is C64H122N2O7. The van der Waals surface area contributed by atoms with Crippen LogP contribution in [-0.4, -0.2) is 74.2 Å². The third-order valence-corrected chi connectivity index (χ3v) is 14.2. The van der Waals surface area contributed by atoms with Gasteiger partial charge in [0, 0.05) is 32.4 Å². The third kappa shape index (κ3) is 56.9. The summed E-state index contributed by atoms with van der Waals surface area (Å²) in [6, 6.07) is 0. The zero-order valence-corrected chi connectivity index (χ0v) is 49.7. The van der Waals surface area contributed by atoms with Crippen LogP contribution in [0, 0.1) is 5.92 Å². The van der Waals surface area contributed by atoms with Crippen LogP contribution in [-0.2, 0) is 28.6 Å². The molecule has 73 heavy (non-hydrogen) atoms. The van der Waals surface area contributed by atoms with Gasteiger partial charge in [0.15, 0.2) is 0 Å². The molecule has 0 saturated heterocycles. The van der Waals surface area contributed by atoms with E-state index in [0.29, 0.717) is 44.8 Å². The molecule has 3 atom stereocenters. The number of nitrogens with one attached hydrogen (secondary N) is 1. The highest BCUT2D eigenvalue weighted by molar-refractivity contribution is 5.75. The van der Waals surface area contributed by atoms with Crippen LogP contribution in [0.15, 0.2) is 24.3 Å². The van der Waals surface area contributed by atoms with Crippen LogP contribution < -0.4 is 5.32 Å². The van der Waals surface area contributed by atoms with Crippen molar-refractivity contribution < 1.29 is 33.4 Å². The van der Waals surface area contributed by atoms with Gasteiger partial charge in [-0.25, -0.2) is 4.79 Å². The Kier molecular flexibility index (Phi) is 58.1. The molecule has 0 fully saturated rings. The van der Waals surface area contributed by atoms with Crippen molar-refractivity contribution >= 4 is 23.8 Å². The van der Waals surface area contributed by atoms with E-state index in [9.17, 15) is 19.2 Å². The van der Waals surface area contributed by atoms with E-state index in [1.165, 1.54) is 161 Å². The van der Waals surface area contributed by atoms with Crippen molar-refractivity contribution in [2.24, 2.45) is 5.92 Å². The number of likely N-dealkylation sites (N-methyl/N-ethyl adjacent to an activating group) is 1. The first-order valence-corrected chi connectivity index (χ1v) is 31.3. The van der Waals surface area contributed by atoms with Crippen LogP contribution in [0.1, 0.15) is 312 Å². The topological polar surface area (TPSA) is 111 Å². The Hall–Kier alpha value is -2.68. The third-order valence-electron chi connectivity index (χ3n) is 14.2. The monoisotopic (exact) mass is 1030 g/mol. The average molecular weight is 1030 g/mol. The maximum atomic E-state index is 12.7. The summed E-state index contributed by atoms with van der Waals surface area (Å²) in [5, 5.41) is 2.75. The summed E-state index contributed by atoms with van der Waals surface area (Å²) in [5.74, 6) is 0.627. The summed E-state index contributed by atoms with van der Waals surface area (Å²) in [5.41, 5.74) is 0. The van der Waals surface area contributed by atoms with E-state index in [1.807, 2.05) is 7.05 Å². The van der Waals surface area contributed by atoms with Crippen molar-refractivity contribution in [2.45, 2.75) is 324 Å². The molecule has 0 bridgehead atoms. The van der Waals surface area contributed by atoms with Crippen molar-refractivity contribution in [3.05, 3.63) is 24.3 Å². The Labute approximate surface area is 453 Å². The molecule has 1 N–H and O–H groups in total. The molecular weight excluding hydrogens is 909 g/mol. The number of ether oxygens (including phenoxy) is 3. The standard InChI is InChI=1S/C49H92O4.C15H30N2O3/c1-5-9-12-15-18-19-20-21-22-23-24-25-27-33-38-43-48(50)52-45-46(8-4)40-35-30-28-29-34-39-44-49(51)53-47(41-36-31-17-14-11-7-3)42-37-32-26-16-13-10-6-2;1-5-7-8-14(10-9-13(3)18)20-15(19)16-11-12-17(4)6-2/h18-19,21-22,46-47H,5-17,20,23-45H2,1-4H3;14H,5-12H2,1-4H3,(H,16,19)/b19-18-,22-21-;. The zero-order valence-electron chi connectivity index (χ0n) is 49.7. The first-order valence-electron chi connectivity index (χ1n) is 31.3. The van der Waals surface area contributed by atoms with Crippen LogP contribution >= 0.6 is 0 Å². The number of hydrogen-bond donors (Lipinski definition) is 1. The second-order valence-corrected chi connectivity index (χ2v) is 21.4. The second kappa shape index (κ2) is 58.6. The number of alkyl carbamates (subject to hydrolysis) is 1. The van der Waals surface area contributed by atoms with Crippen molar-refractivity contribution in [2.75, 3.05) is 33.3 Å². The molecule has 9 heteroatoms. The van der Waals surface area contributed by atoms with Gasteiger partial charge in [-0.1, -0.05) is 220 Å². The molecule has 430 valence electrons. The van der Waals surface area contributed by atoms with E-state index in [-0.39, 0.29) is 36.0 Å². The van der Waals surface area contributed by atoms with Crippen molar-refractivity contribution in [1.29, 1.82) is 0 Å². The Balaban J connectivity index is 0. The van der Waals surface area contributed by atoms with Gasteiger partial charge in [-0.2, -0.15) is 0 Å². The maximum absolute atomic E-state index is 12.7. The normalized spacial score (nSPS) is 12.7. The fourth-order valence-electron chi connectivity index (χ4n) is 8.93. The summed E-state index contributed by atoms with van der Waals surface area (Å²) < 4.78 is 17.1. The molecule has 0 aromatic rings. The molecule has 0 rings (SSSR count). The Bertz CT molecular complexity index is 1270. The molecule has 0 aliphatic heterocycles. The first-order chi connectivity index (χ1) is 35.6. The van der Waals surface area contributed by atoms with Crippen LogP contribution in [0.25, 0.3) is 0 Å². The molecule has 0 heterocycles. The van der Waals surface area contributed by atoms with Crippen LogP contribution in [0.5, 0.6) is 0 Å². The summed E-state index contributed by atoms with van der Waals surface area (Å²) in [6.45, 7) is 17.7. The van der Waals surface area contributed by atoms with E-state index >= 15 is 0 Å². The summed E-state index contributed by atoms with van der Waals surface area (Å²) >= 11 is 0. The highest BCUT2D eigenvalue weighted by Crippen LogP contribution is 2.20. The van der Waals surface area contributed by atoms with Gasteiger partial charge in [-0.15, -0.1) is 0 Å². The molecule has 0 aromatic heterocycles. The van der Waals surface area contributed by atoms with Crippen LogP contribution in [0.2, 0.25) is 0 Å². The Morgan fingerprint density at radius 3 is 1.42 bits per heavy atom. The lowest BCUT2D eigenvalue weighted by molar-refractivity contribution is -0.150. The largest absolute Gasteiger partial charge is 0.465 e. The van der Waals surface area contributed by atoms with Gasteiger partial charge in [-0.05, 0) is 116 Å². The van der Waals surface area contributed by atoms with Crippen molar-refractivity contribution in [1.82, 2.24) is 10.2 Å². The molecule has 1 amide bonds. The number of ketones is 1. The second-order valence-electron chi connectivity index (χ2n) is 21.4. The number of carbonyl (C=O) groups excluding carboxylic acids is 4. The van der Waals surface area contributed by atoms with E-state index in [0.717, 1.165) is 90.1 Å². The molecule has 0 radical (unpaired) electrons. The molecule has 0 aliphatic rings. The minimum absolute atomic E-state index is 0.0146. The first kappa shape index (κ1) is 72.4. The summed E-state index contributed by atoms with van der Waals surface area (Å²) in [7, 11) is 2.00. The number of rotatable bonds is 53. The van der Waals surface area contributed by atoms with E-state index < -0.39 is 0 Å². The zero-order chi connectivity index (χ0) is 54.1. The van der Waals surface area contributed by atoms with Crippen LogP contribution in [0.3, 0.4) is 0 Å². The minimum Gasteiger partial charge on any atom is -0.465 e. The lowest BCUT2D eigenvalue weighted by Gasteiger charge is -2.18. The van der Waals surface area contributed by atoms with Gasteiger partial charge in [0.2, 0.25) is 0 Å². The maximum Gasteiger partial charge on any atom is 0.407 e. The Morgan fingerprint density at radius 2 is 0.904 bits per heavy atom. The molecule has 0 aromatic carbocycles. The fraction of sp³-hybridized carbons (Fsp3) is 0.875. The molecule has 0 saturated carbocycles.